The van der Waals surface area contributed by atoms with E-state index in [-0.39, 0.29) is 41.6 Å². The van der Waals surface area contributed by atoms with E-state index >= 15 is 0 Å². The number of benzene rings is 4. The molecule has 5 rings (SSSR count). The Hall–Kier alpha value is -5.11. The number of carbonyl (C=O) groups is 3. The van der Waals surface area contributed by atoms with Crippen LogP contribution in [0.15, 0.2) is 103 Å². The summed E-state index contributed by atoms with van der Waals surface area (Å²) in [6, 6.07) is 30.9. The maximum absolute atomic E-state index is 12.5. The number of para-hydroxylation sites is 1. The highest BCUT2D eigenvalue weighted by Gasteiger charge is 2.23. The van der Waals surface area contributed by atoms with E-state index in [1.54, 1.807) is 42.5 Å². The summed E-state index contributed by atoms with van der Waals surface area (Å²) in [6.45, 7) is 0. The average molecular weight is 579 g/mol. The molecule has 0 aliphatic heterocycles. The third-order valence-electron chi connectivity index (χ3n) is 7.33. The molecule has 220 valence electrons. The number of carboxylic acids is 1. The molecule has 0 radical (unpaired) electrons. The van der Waals surface area contributed by atoms with Gasteiger partial charge in [0.15, 0.2) is 0 Å². The maximum Gasteiger partial charge on any atom is 0.337 e. The van der Waals surface area contributed by atoms with E-state index in [2.05, 4.69) is 10.6 Å². The van der Waals surface area contributed by atoms with Gasteiger partial charge in [-0.05, 0) is 85.3 Å². The van der Waals surface area contributed by atoms with Gasteiger partial charge in [-0.2, -0.15) is 0 Å². The first-order chi connectivity index (χ1) is 20.9. The van der Waals surface area contributed by atoms with E-state index in [1.165, 1.54) is 6.07 Å². The van der Waals surface area contributed by atoms with Gasteiger partial charge in [-0.3, -0.25) is 9.59 Å². The molecule has 2 amide bonds. The first kappa shape index (κ1) is 29.4. The summed E-state index contributed by atoms with van der Waals surface area (Å²) in [5.41, 5.74) is 2.10. The Morgan fingerprint density at radius 3 is 1.88 bits per heavy atom. The van der Waals surface area contributed by atoms with Crippen molar-refractivity contribution in [3.8, 4) is 17.2 Å². The van der Waals surface area contributed by atoms with Crippen LogP contribution < -0.4 is 20.1 Å². The molecule has 1 aliphatic rings. The van der Waals surface area contributed by atoms with Crippen molar-refractivity contribution >= 4 is 23.5 Å². The fraction of sp³-hybridized carbons (Fsp3) is 0.229. The number of ether oxygens (including phenoxy) is 2. The number of hydrogen-bond donors (Lipinski definition) is 3. The van der Waals surface area contributed by atoms with Crippen molar-refractivity contribution in [1.29, 1.82) is 0 Å². The normalized spacial score (nSPS) is 16.1. The molecule has 4 aromatic carbocycles. The molecule has 0 bridgehead atoms. The van der Waals surface area contributed by atoms with Crippen molar-refractivity contribution < 1.29 is 29.0 Å². The van der Waals surface area contributed by atoms with Gasteiger partial charge in [-0.25, -0.2) is 4.79 Å². The minimum Gasteiger partial charge on any atom is -0.490 e. The van der Waals surface area contributed by atoms with Crippen molar-refractivity contribution in [3.05, 3.63) is 120 Å². The van der Waals surface area contributed by atoms with Gasteiger partial charge in [0.05, 0.1) is 30.2 Å². The molecule has 3 N–H and O–H groups in total. The van der Waals surface area contributed by atoms with Gasteiger partial charge in [-0.15, -0.1) is 0 Å². The number of hydrogen-bond acceptors (Lipinski definition) is 5. The van der Waals surface area contributed by atoms with Crippen LogP contribution >= 0.6 is 0 Å². The molecule has 1 aliphatic carbocycles. The van der Waals surface area contributed by atoms with Gasteiger partial charge < -0.3 is 25.2 Å². The summed E-state index contributed by atoms with van der Waals surface area (Å²) >= 11 is 0. The minimum absolute atomic E-state index is 0.0449. The quantitative estimate of drug-likeness (QED) is 0.190. The summed E-state index contributed by atoms with van der Waals surface area (Å²) in [7, 11) is 0. The van der Waals surface area contributed by atoms with E-state index < -0.39 is 5.97 Å². The lowest BCUT2D eigenvalue weighted by Crippen LogP contribution is -2.40. The topological polar surface area (TPSA) is 114 Å². The van der Waals surface area contributed by atoms with E-state index in [4.69, 9.17) is 9.47 Å². The van der Waals surface area contributed by atoms with Crippen molar-refractivity contribution in [1.82, 2.24) is 5.32 Å². The number of carbonyl (C=O) groups excluding carboxylic acids is 2. The van der Waals surface area contributed by atoms with Gasteiger partial charge in [0, 0.05) is 6.04 Å². The predicted molar refractivity (Wildman–Crippen MR) is 164 cm³/mol. The smallest absolute Gasteiger partial charge is 0.337 e. The number of carboxylic acid groups (broad SMARTS) is 1. The van der Waals surface area contributed by atoms with Gasteiger partial charge in [-0.1, -0.05) is 54.6 Å². The molecule has 8 nitrogen and oxygen atoms in total. The molecular formula is C35H34N2O6. The second-order valence-electron chi connectivity index (χ2n) is 10.6. The summed E-state index contributed by atoms with van der Waals surface area (Å²) in [4.78, 5) is 36.2. The van der Waals surface area contributed by atoms with Crippen LogP contribution in [0, 0.1) is 0 Å². The SMILES string of the molecule is O=C(Cc1ccc(Oc2ccc(OC3CCC(NC(=O)Cc4ccccc4)CC3)cc2)cc1)Nc1ccccc1C(=O)O. The molecular weight excluding hydrogens is 544 g/mol. The van der Waals surface area contributed by atoms with Crippen LogP contribution in [-0.4, -0.2) is 35.0 Å². The lowest BCUT2D eigenvalue weighted by atomic mass is 9.92. The van der Waals surface area contributed by atoms with Crippen LogP contribution in [0.4, 0.5) is 5.69 Å². The van der Waals surface area contributed by atoms with Crippen molar-refractivity contribution in [3.63, 3.8) is 0 Å². The molecule has 8 heteroatoms. The molecule has 0 saturated heterocycles. The van der Waals surface area contributed by atoms with Crippen LogP contribution in [0.25, 0.3) is 0 Å². The number of rotatable bonds is 11. The Labute approximate surface area is 250 Å². The van der Waals surface area contributed by atoms with Gasteiger partial charge in [0.25, 0.3) is 0 Å². The van der Waals surface area contributed by atoms with Crippen molar-refractivity contribution in [2.45, 2.75) is 50.7 Å². The molecule has 0 atom stereocenters. The fourth-order valence-electron chi connectivity index (χ4n) is 5.13. The van der Waals surface area contributed by atoms with E-state index in [0.717, 1.165) is 42.6 Å². The molecule has 0 spiro atoms. The molecule has 0 unspecified atom stereocenters. The number of anilines is 1. The van der Waals surface area contributed by atoms with Crippen LogP contribution in [0.3, 0.4) is 0 Å². The third-order valence-corrected chi connectivity index (χ3v) is 7.33. The van der Waals surface area contributed by atoms with E-state index in [0.29, 0.717) is 17.9 Å². The summed E-state index contributed by atoms with van der Waals surface area (Å²) in [5.74, 6) is 0.718. The highest BCUT2D eigenvalue weighted by Crippen LogP contribution is 2.28. The van der Waals surface area contributed by atoms with Crippen LogP contribution in [-0.2, 0) is 22.4 Å². The zero-order valence-corrected chi connectivity index (χ0v) is 23.7. The highest BCUT2D eigenvalue weighted by molar-refractivity contribution is 6.01. The van der Waals surface area contributed by atoms with Crippen molar-refractivity contribution in [2.75, 3.05) is 5.32 Å². The second-order valence-corrected chi connectivity index (χ2v) is 10.6. The Bertz CT molecular complexity index is 1530. The largest absolute Gasteiger partial charge is 0.490 e. The monoisotopic (exact) mass is 578 g/mol. The third kappa shape index (κ3) is 8.69. The summed E-state index contributed by atoms with van der Waals surface area (Å²) in [6.07, 6.45) is 4.15. The van der Waals surface area contributed by atoms with E-state index in [1.807, 2.05) is 54.6 Å². The van der Waals surface area contributed by atoms with Crippen LogP contribution in [0.5, 0.6) is 17.2 Å². The Morgan fingerprint density at radius 2 is 1.21 bits per heavy atom. The minimum atomic E-state index is -1.10. The summed E-state index contributed by atoms with van der Waals surface area (Å²) in [5, 5.41) is 15.1. The molecule has 1 fully saturated rings. The Kier molecular flexibility index (Phi) is 9.69. The lowest BCUT2D eigenvalue weighted by Gasteiger charge is -2.29. The van der Waals surface area contributed by atoms with Crippen LogP contribution in [0.1, 0.15) is 47.2 Å². The highest BCUT2D eigenvalue weighted by atomic mass is 16.5. The van der Waals surface area contributed by atoms with Crippen LogP contribution in [0.2, 0.25) is 0 Å². The standard InChI is InChI=1S/C35H34N2O6/c38-33(22-24-6-2-1-3-7-24)36-26-12-16-28(17-13-26)43-30-20-18-29(19-21-30)42-27-14-10-25(11-15-27)23-34(39)37-32-9-5-4-8-31(32)35(40)41/h1-11,14-15,18-21,26,28H,12-13,16-17,22-23H2,(H,36,38)(H,37,39)(H,40,41). The first-order valence-electron chi connectivity index (χ1n) is 14.4. The van der Waals surface area contributed by atoms with Crippen molar-refractivity contribution in [2.24, 2.45) is 0 Å². The number of nitrogens with one attached hydrogen (secondary N) is 2. The average Bonchev–Trinajstić information content (AvgIpc) is 3.01. The van der Waals surface area contributed by atoms with Gasteiger partial charge in [0.1, 0.15) is 17.2 Å². The molecule has 1 saturated carbocycles. The zero-order valence-electron chi connectivity index (χ0n) is 23.7. The molecule has 43 heavy (non-hydrogen) atoms. The Morgan fingerprint density at radius 1 is 0.651 bits per heavy atom. The zero-order chi connectivity index (χ0) is 30.0. The predicted octanol–water partition coefficient (Wildman–Crippen LogP) is 6.41. The van der Waals surface area contributed by atoms with Gasteiger partial charge in [0.2, 0.25) is 11.8 Å². The lowest BCUT2D eigenvalue weighted by molar-refractivity contribution is -0.121. The second kappa shape index (κ2) is 14.2. The van der Waals surface area contributed by atoms with Gasteiger partial charge >= 0.3 is 5.97 Å². The fourth-order valence-corrected chi connectivity index (χ4v) is 5.13. The summed E-state index contributed by atoms with van der Waals surface area (Å²) < 4.78 is 12.1. The maximum atomic E-state index is 12.5. The Balaban J connectivity index is 1.04. The number of amides is 2. The first-order valence-corrected chi connectivity index (χ1v) is 14.4. The number of aromatic carboxylic acids is 1. The molecule has 0 heterocycles. The van der Waals surface area contributed by atoms with E-state index in [9.17, 15) is 19.5 Å². The molecule has 0 aromatic heterocycles. The molecule has 4 aromatic rings.